The molecule has 1 aliphatic heterocycles. The second-order valence-corrected chi connectivity index (χ2v) is 12.5. The lowest BCUT2D eigenvalue weighted by Crippen LogP contribution is -2.51. The number of carbonyl (C=O) groups excluding carboxylic acids is 2. The molecule has 2 aromatic carbocycles. The van der Waals surface area contributed by atoms with Crippen molar-refractivity contribution in [2.75, 3.05) is 31.0 Å². The molecule has 4 rings (SSSR count). The summed E-state index contributed by atoms with van der Waals surface area (Å²) in [5, 5.41) is 3.18. The quantitative estimate of drug-likeness (QED) is 0.373. The van der Waals surface area contributed by atoms with Crippen LogP contribution in [-0.4, -0.2) is 63.9 Å². The minimum atomic E-state index is -3.62. The first-order valence-electron chi connectivity index (χ1n) is 14.3. The highest BCUT2D eigenvalue weighted by atomic mass is 32.2. The molecule has 0 saturated heterocycles. The molecule has 41 heavy (non-hydrogen) atoms. The Morgan fingerprint density at radius 2 is 1.76 bits per heavy atom. The van der Waals surface area contributed by atoms with E-state index in [1.54, 1.807) is 30.2 Å². The normalized spacial score (nSPS) is 15.7. The summed E-state index contributed by atoms with van der Waals surface area (Å²) >= 11 is 0. The third-order valence-corrected chi connectivity index (χ3v) is 8.84. The highest BCUT2D eigenvalue weighted by molar-refractivity contribution is 7.92. The number of nitrogens with one attached hydrogen (secondary N) is 1. The van der Waals surface area contributed by atoms with Gasteiger partial charge in [0.25, 0.3) is 0 Å². The molecule has 1 saturated carbocycles. The van der Waals surface area contributed by atoms with Gasteiger partial charge in [-0.2, -0.15) is 0 Å². The van der Waals surface area contributed by atoms with Gasteiger partial charge in [0.05, 0.1) is 19.1 Å². The molecule has 11 heteroatoms. The third-order valence-electron chi connectivity index (χ3n) is 7.65. The van der Waals surface area contributed by atoms with Crippen molar-refractivity contribution in [3.63, 3.8) is 0 Å². The number of anilines is 1. The molecule has 0 aromatic heterocycles. The van der Waals surface area contributed by atoms with Crippen molar-refractivity contribution >= 4 is 27.5 Å². The van der Waals surface area contributed by atoms with Gasteiger partial charge in [-0.15, -0.1) is 0 Å². The van der Waals surface area contributed by atoms with Crippen molar-refractivity contribution in [3.05, 3.63) is 48.0 Å². The Balaban J connectivity index is 1.48. The number of rotatable bonds is 13. The van der Waals surface area contributed by atoms with E-state index >= 15 is 0 Å². The predicted molar refractivity (Wildman–Crippen MR) is 157 cm³/mol. The number of fused-ring (bicyclic) bond motifs is 1. The minimum Gasteiger partial charge on any atom is -0.497 e. The Kier molecular flexibility index (Phi) is 10.4. The van der Waals surface area contributed by atoms with Crippen molar-refractivity contribution in [2.45, 2.75) is 76.9 Å². The standard InChI is InChI=1S/C30H41N3O7S/c1-4-26(30(35)31-23-9-6-5-7-10-23)32(20-22-12-15-25(38-2)16-13-22)29(34)11-8-18-33(41(3,36)37)24-14-17-27-28(19-24)40-21-39-27/h12-17,19,23,26H,4-11,18,20-21H2,1-3H3,(H,31,35). The number of nitrogens with zero attached hydrogens (tertiary/aromatic N) is 2. The van der Waals surface area contributed by atoms with Crippen molar-refractivity contribution in [1.29, 1.82) is 0 Å². The molecule has 0 bridgehead atoms. The zero-order chi connectivity index (χ0) is 29.4. The largest absolute Gasteiger partial charge is 0.497 e. The van der Waals surface area contributed by atoms with Gasteiger partial charge in [-0.25, -0.2) is 8.42 Å². The van der Waals surface area contributed by atoms with Gasteiger partial charge in [-0.05, 0) is 55.5 Å². The average Bonchev–Trinajstić information content (AvgIpc) is 3.43. The van der Waals surface area contributed by atoms with E-state index in [9.17, 15) is 18.0 Å². The average molecular weight is 588 g/mol. The zero-order valence-corrected chi connectivity index (χ0v) is 25.0. The second kappa shape index (κ2) is 13.9. The van der Waals surface area contributed by atoms with E-state index in [1.165, 1.54) is 10.7 Å². The maximum atomic E-state index is 13.7. The van der Waals surface area contributed by atoms with Crippen molar-refractivity contribution in [3.8, 4) is 17.2 Å². The highest BCUT2D eigenvalue weighted by Crippen LogP contribution is 2.36. The van der Waals surface area contributed by atoms with Gasteiger partial charge in [0, 0.05) is 31.6 Å². The number of ether oxygens (including phenoxy) is 3. The summed E-state index contributed by atoms with van der Waals surface area (Å²) in [6, 6.07) is 11.9. The first-order valence-corrected chi connectivity index (χ1v) is 16.1. The van der Waals surface area contributed by atoms with E-state index in [4.69, 9.17) is 14.2 Å². The number of hydrogen-bond acceptors (Lipinski definition) is 7. The lowest BCUT2D eigenvalue weighted by atomic mass is 9.95. The molecule has 224 valence electrons. The highest BCUT2D eigenvalue weighted by Gasteiger charge is 2.30. The predicted octanol–water partition coefficient (Wildman–Crippen LogP) is 4.23. The van der Waals surface area contributed by atoms with Crippen molar-refractivity contribution in [1.82, 2.24) is 10.2 Å². The fourth-order valence-corrected chi connectivity index (χ4v) is 6.39. The molecule has 10 nitrogen and oxygen atoms in total. The molecule has 0 radical (unpaired) electrons. The van der Waals surface area contributed by atoms with E-state index < -0.39 is 16.1 Å². The summed E-state index contributed by atoms with van der Waals surface area (Å²) in [5.74, 6) is 1.40. The number of methoxy groups -OCH3 is 1. The summed E-state index contributed by atoms with van der Waals surface area (Å²) in [5.41, 5.74) is 1.32. The number of hydrogen-bond donors (Lipinski definition) is 1. The molecule has 1 N–H and O–H groups in total. The molecule has 2 aliphatic rings. The maximum Gasteiger partial charge on any atom is 0.243 e. The Morgan fingerprint density at radius 3 is 2.41 bits per heavy atom. The van der Waals surface area contributed by atoms with Gasteiger partial charge in [-0.1, -0.05) is 38.3 Å². The van der Waals surface area contributed by atoms with Gasteiger partial charge in [0.2, 0.25) is 28.6 Å². The summed E-state index contributed by atoms with van der Waals surface area (Å²) in [7, 11) is -2.03. The third kappa shape index (κ3) is 8.06. The van der Waals surface area contributed by atoms with Crippen LogP contribution in [0.3, 0.4) is 0 Å². The van der Waals surface area contributed by atoms with Crippen LogP contribution in [0.2, 0.25) is 0 Å². The lowest BCUT2D eigenvalue weighted by molar-refractivity contribution is -0.141. The minimum absolute atomic E-state index is 0.0833. The lowest BCUT2D eigenvalue weighted by Gasteiger charge is -2.33. The first-order chi connectivity index (χ1) is 19.7. The maximum absolute atomic E-state index is 13.7. The van der Waals surface area contributed by atoms with E-state index in [2.05, 4.69) is 5.32 Å². The smallest absolute Gasteiger partial charge is 0.243 e. The molecule has 1 atom stereocenters. The van der Waals surface area contributed by atoms with Gasteiger partial charge >= 0.3 is 0 Å². The molecule has 1 heterocycles. The van der Waals surface area contributed by atoms with Crippen LogP contribution >= 0.6 is 0 Å². The Labute approximate surface area is 243 Å². The van der Waals surface area contributed by atoms with Crippen LogP contribution in [0.4, 0.5) is 5.69 Å². The SMILES string of the molecule is CCC(C(=O)NC1CCCCC1)N(Cc1ccc(OC)cc1)C(=O)CCCN(c1ccc2c(c1)OCO2)S(C)(=O)=O. The zero-order valence-electron chi connectivity index (χ0n) is 24.1. The van der Waals surface area contributed by atoms with Crippen molar-refractivity contribution in [2.24, 2.45) is 0 Å². The fraction of sp³-hybridized carbons (Fsp3) is 0.533. The molecule has 0 spiro atoms. The number of sulfonamides is 1. The van der Waals surface area contributed by atoms with Crippen LogP contribution in [0.25, 0.3) is 0 Å². The van der Waals surface area contributed by atoms with E-state index in [1.807, 2.05) is 31.2 Å². The Bertz CT molecular complexity index is 1290. The topological polar surface area (TPSA) is 114 Å². The fourth-order valence-electron chi connectivity index (χ4n) is 5.44. The molecule has 1 aliphatic carbocycles. The number of carbonyl (C=O) groups is 2. The molecule has 1 fully saturated rings. The summed E-state index contributed by atoms with van der Waals surface area (Å²) in [6.45, 7) is 2.36. The summed E-state index contributed by atoms with van der Waals surface area (Å²) in [4.78, 5) is 28.8. The molecule has 2 amide bonds. The monoisotopic (exact) mass is 587 g/mol. The van der Waals surface area contributed by atoms with E-state index in [0.717, 1.165) is 37.5 Å². The summed E-state index contributed by atoms with van der Waals surface area (Å²) in [6.07, 6.45) is 7.24. The Morgan fingerprint density at radius 1 is 1.05 bits per heavy atom. The van der Waals surface area contributed by atoms with E-state index in [0.29, 0.717) is 29.4 Å². The summed E-state index contributed by atoms with van der Waals surface area (Å²) < 4.78 is 42.6. The van der Waals surface area contributed by atoms with Gasteiger partial charge in [0.15, 0.2) is 11.5 Å². The van der Waals surface area contributed by atoms with Crippen LogP contribution in [-0.2, 0) is 26.2 Å². The van der Waals surface area contributed by atoms with Crippen LogP contribution in [0, 0.1) is 0 Å². The van der Waals surface area contributed by atoms with Crippen LogP contribution in [0.1, 0.15) is 63.9 Å². The van der Waals surface area contributed by atoms with E-state index in [-0.39, 0.29) is 50.6 Å². The van der Waals surface area contributed by atoms with Gasteiger partial charge in [0.1, 0.15) is 11.8 Å². The van der Waals surface area contributed by atoms with Crippen molar-refractivity contribution < 1.29 is 32.2 Å². The van der Waals surface area contributed by atoms with Crippen LogP contribution in [0.15, 0.2) is 42.5 Å². The molecule has 1 unspecified atom stereocenters. The Hall–Kier alpha value is -3.47. The molecular weight excluding hydrogens is 546 g/mol. The van der Waals surface area contributed by atoms with Crippen LogP contribution < -0.4 is 23.8 Å². The van der Waals surface area contributed by atoms with Gasteiger partial charge in [-0.3, -0.25) is 13.9 Å². The van der Waals surface area contributed by atoms with Crippen LogP contribution in [0.5, 0.6) is 17.2 Å². The molecule has 2 aromatic rings. The number of benzene rings is 2. The van der Waals surface area contributed by atoms with Gasteiger partial charge < -0.3 is 24.4 Å². The molecular formula is C30H41N3O7S. The number of amides is 2. The first kappa shape index (κ1) is 30.5. The second-order valence-electron chi connectivity index (χ2n) is 10.6.